The van der Waals surface area contributed by atoms with Gasteiger partial charge in [0.15, 0.2) is 0 Å². The van der Waals surface area contributed by atoms with Crippen molar-refractivity contribution in [2.45, 2.75) is 26.6 Å². The summed E-state index contributed by atoms with van der Waals surface area (Å²) in [6, 6.07) is 16.5. The number of ether oxygens (including phenoxy) is 4. The topological polar surface area (TPSA) is 54.0 Å². The second-order valence-electron chi connectivity index (χ2n) is 5.14. The van der Waals surface area contributed by atoms with Crippen LogP contribution in [0.1, 0.15) is 26.3 Å². The van der Waals surface area contributed by atoms with Crippen molar-refractivity contribution in [2.24, 2.45) is 0 Å². The minimum Gasteiger partial charge on any atom is -0.462 e. The summed E-state index contributed by atoms with van der Waals surface area (Å²) >= 11 is 0. The Balaban J connectivity index is 2.29. The molecule has 0 radical (unpaired) electrons. The van der Waals surface area contributed by atoms with Crippen molar-refractivity contribution in [3.05, 3.63) is 60.2 Å². The van der Waals surface area contributed by atoms with E-state index in [0.717, 1.165) is 5.75 Å². The van der Waals surface area contributed by atoms with Crippen LogP contribution in [0.5, 0.6) is 11.5 Å². The third-order valence-corrected chi connectivity index (χ3v) is 3.45. The summed E-state index contributed by atoms with van der Waals surface area (Å²) in [6.07, 6.45) is 0. The standard InChI is InChI=1S/C20H24O5/c1-4-22-19(21)20(23-5-2,24-6-3)16-12-14-18(15-13-16)25-17-10-8-7-9-11-17/h7-15H,4-6H2,1-3H3. The smallest absolute Gasteiger partial charge is 0.372 e. The number of hydrogen-bond acceptors (Lipinski definition) is 5. The fourth-order valence-corrected chi connectivity index (χ4v) is 2.44. The molecule has 5 nitrogen and oxygen atoms in total. The van der Waals surface area contributed by atoms with Crippen LogP contribution in [0.25, 0.3) is 0 Å². The molecule has 0 aliphatic carbocycles. The molecule has 0 unspecified atom stereocenters. The van der Waals surface area contributed by atoms with Gasteiger partial charge in [-0.2, -0.15) is 0 Å². The predicted octanol–water partition coefficient (Wildman–Crippen LogP) is 4.27. The molecular weight excluding hydrogens is 320 g/mol. The van der Waals surface area contributed by atoms with Gasteiger partial charge in [-0.3, -0.25) is 0 Å². The van der Waals surface area contributed by atoms with Crippen molar-refractivity contribution < 1.29 is 23.7 Å². The number of carbonyl (C=O) groups is 1. The molecule has 0 fully saturated rings. The summed E-state index contributed by atoms with van der Waals surface area (Å²) in [6.45, 7) is 6.22. The van der Waals surface area contributed by atoms with Crippen molar-refractivity contribution in [3.8, 4) is 11.5 Å². The summed E-state index contributed by atoms with van der Waals surface area (Å²) in [5.74, 6) is -0.734. The Hall–Kier alpha value is -2.37. The van der Waals surface area contributed by atoms with Gasteiger partial charge in [0.05, 0.1) is 6.61 Å². The van der Waals surface area contributed by atoms with Gasteiger partial charge in [-0.1, -0.05) is 18.2 Å². The Morgan fingerprint density at radius 3 is 1.88 bits per heavy atom. The zero-order chi connectivity index (χ0) is 18.1. The lowest BCUT2D eigenvalue weighted by Gasteiger charge is -2.31. The molecule has 0 heterocycles. The highest BCUT2D eigenvalue weighted by Crippen LogP contribution is 2.31. The Kier molecular flexibility index (Phi) is 6.98. The monoisotopic (exact) mass is 344 g/mol. The van der Waals surface area contributed by atoms with E-state index in [9.17, 15) is 4.79 Å². The number of rotatable bonds is 9. The molecule has 134 valence electrons. The summed E-state index contributed by atoms with van der Waals surface area (Å²) in [4.78, 5) is 12.5. The van der Waals surface area contributed by atoms with Crippen LogP contribution >= 0.6 is 0 Å². The molecule has 0 saturated carbocycles. The maximum Gasteiger partial charge on any atom is 0.372 e. The first-order valence-electron chi connectivity index (χ1n) is 8.44. The SMILES string of the molecule is CCOC(=O)C(OCC)(OCC)c1ccc(Oc2ccccc2)cc1. The Labute approximate surface area is 148 Å². The van der Waals surface area contributed by atoms with E-state index in [1.165, 1.54) is 0 Å². The predicted molar refractivity (Wildman–Crippen MR) is 94.5 cm³/mol. The molecule has 2 aromatic rings. The normalized spacial score (nSPS) is 11.2. The quantitative estimate of drug-likeness (QED) is 0.502. The van der Waals surface area contributed by atoms with Gasteiger partial charge in [0, 0.05) is 18.8 Å². The average Bonchev–Trinajstić information content (AvgIpc) is 2.63. The highest BCUT2D eigenvalue weighted by atomic mass is 16.7. The van der Waals surface area contributed by atoms with E-state index in [-0.39, 0.29) is 6.61 Å². The van der Waals surface area contributed by atoms with E-state index < -0.39 is 11.8 Å². The van der Waals surface area contributed by atoms with E-state index in [0.29, 0.717) is 24.5 Å². The first-order valence-corrected chi connectivity index (χ1v) is 8.44. The third kappa shape index (κ3) is 4.59. The van der Waals surface area contributed by atoms with E-state index in [4.69, 9.17) is 18.9 Å². The zero-order valence-corrected chi connectivity index (χ0v) is 14.9. The molecule has 5 heteroatoms. The number of para-hydroxylation sites is 1. The largest absolute Gasteiger partial charge is 0.462 e. The van der Waals surface area contributed by atoms with Gasteiger partial charge in [-0.25, -0.2) is 4.79 Å². The highest BCUT2D eigenvalue weighted by molar-refractivity contribution is 5.79. The zero-order valence-electron chi connectivity index (χ0n) is 14.9. The number of benzene rings is 2. The summed E-state index contributed by atoms with van der Waals surface area (Å²) in [7, 11) is 0. The van der Waals surface area contributed by atoms with Crippen LogP contribution in [0.4, 0.5) is 0 Å². The van der Waals surface area contributed by atoms with Crippen LogP contribution in [0.15, 0.2) is 54.6 Å². The van der Waals surface area contributed by atoms with Gasteiger partial charge in [-0.15, -0.1) is 0 Å². The summed E-state index contributed by atoms with van der Waals surface area (Å²) < 4.78 is 22.3. The van der Waals surface area contributed by atoms with E-state index in [1.54, 1.807) is 45.0 Å². The molecule has 0 aliphatic rings. The Bertz CT molecular complexity index is 646. The van der Waals surface area contributed by atoms with Crippen LogP contribution in [-0.4, -0.2) is 25.8 Å². The Morgan fingerprint density at radius 1 is 0.800 bits per heavy atom. The van der Waals surface area contributed by atoms with Crippen molar-refractivity contribution in [2.75, 3.05) is 19.8 Å². The van der Waals surface area contributed by atoms with Gasteiger partial charge in [-0.05, 0) is 57.2 Å². The van der Waals surface area contributed by atoms with Crippen LogP contribution < -0.4 is 4.74 Å². The molecular formula is C20H24O5. The second-order valence-corrected chi connectivity index (χ2v) is 5.14. The van der Waals surface area contributed by atoms with Crippen molar-refractivity contribution >= 4 is 5.97 Å². The molecule has 0 amide bonds. The lowest BCUT2D eigenvalue weighted by atomic mass is 10.1. The van der Waals surface area contributed by atoms with Crippen LogP contribution in [0.2, 0.25) is 0 Å². The molecule has 0 N–H and O–H groups in total. The van der Waals surface area contributed by atoms with E-state index in [1.807, 2.05) is 30.3 Å². The summed E-state index contributed by atoms with van der Waals surface area (Å²) in [5, 5.41) is 0. The first kappa shape index (κ1) is 19.0. The maximum atomic E-state index is 12.5. The third-order valence-electron chi connectivity index (χ3n) is 3.45. The van der Waals surface area contributed by atoms with E-state index >= 15 is 0 Å². The second kappa shape index (κ2) is 9.20. The van der Waals surface area contributed by atoms with E-state index in [2.05, 4.69) is 0 Å². The minimum absolute atomic E-state index is 0.246. The molecule has 0 aliphatic heterocycles. The minimum atomic E-state index is -1.56. The molecule has 2 aromatic carbocycles. The van der Waals surface area contributed by atoms with Crippen molar-refractivity contribution in [1.82, 2.24) is 0 Å². The van der Waals surface area contributed by atoms with Crippen LogP contribution in [-0.2, 0) is 24.8 Å². The van der Waals surface area contributed by atoms with Gasteiger partial charge < -0.3 is 18.9 Å². The molecule has 25 heavy (non-hydrogen) atoms. The lowest BCUT2D eigenvalue weighted by molar-refractivity contribution is -0.252. The van der Waals surface area contributed by atoms with Crippen LogP contribution in [0, 0.1) is 0 Å². The highest BCUT2D eigenvalue weighted by Gasteiger charge is 2.44. The van der Waals surface area contributed by atoms with Gasteiger partial charge >= 0.3 is 5.97 Å². The summed E-state index contributed by atoms with van der Waals surface area (Å²) in [5.41, 5.74) is 0.565. The van der Waals surface area contributed by atoms with Gasteiger partial charge in [0.1, 0.15) is 11.5 Å². The molecule has 0 atom stereocenters. The number of esters is 1. The molecule has 0 aromatic heterocycles. The molecule has 0 saturated heterocycles. The Morgan fingerprint density at radius 2 is 1.36 bits per heavy atom. The number of hydrogen-bond donors (Lipinski definition) is 0. The number of carbonyl (C=O) groups excluding carboxylic acids is 1. The molecule has 0 spiro atoms. The fraction of sp³-hybridized carbons (Fsp3) is 0.350. The fourth-order valence-electron chi connectivity index (χ4n) is 2.44. The van der Waals surface area contributed by atoms with Crippen molar-refractivity contribution in [3.63, 3.8) is 0 Å². The molecule has 0 bridgehead atoms. The van der Waals surface area contributed by atoms with Gasteiger partial charge in [0.25, 0.3) is 5.79 Å². The average molecular weight is 344 g/mol. The maximum absolute atomic E-state index is 12.5. The van der Waals surface area contributed by atoms with Crippen molar-refractivity contribution in [1.29, 1.82) is 0 Å². The molecule has 2 rings (SSSR count). The van der Waals surface area contributed by atoms with Crippen LogP contribution in [0.3, 0.4) is 0 Å². The van der Waals surface area contributed by atoms with Gasteiger partial charge in [0.2, 0.25) is 0 Å². The lowest BCUT2D eigenvalue weighted by Crippen LogP contribution is -2.43. The first-order chi connectivity index (χ1) is 12.2.